The molecule has 1 aromatic carbocycles. The first-order valence-corrected chi connectivity index (χ1v) is 4.26. The lowest BCUT2D eigenvalue weighted by Crippen LogP contribution is -2.15. The van der Waals surface area contributed by atoms with Crippen LogP contribution in [0.2, 0.25) is 0 Å². The van der Waals surface area contributed by atoms with E-state index in [1.807, 2.05) is 0 Å². The summed E-state index contributed by atoms with van der Waals surface area (Å²) in [4.78, 5) is 0. The minimum Gasteiger partial charge on any atom is -0.508 e. The lowest BCUT2D eigenvalue weighted by Gasteiger charge is -2.14. The van der Waals surface area contributed by atoms with Crippen molar-refractivity contribution in [3.05, 3.63) is 17.7 Å². The summed E-state index contributed by atoms with van der Waals surface area (Å²) >= 11 is 0. The molecule has 0 amide bonds. The third-order valence-electron chi connectivity index (χ3n) is 1.97. The molecule has 6 heteroatoms. The highest BCUT2D eigenvalue weighted by Gasteiger charge is 2.16. The van der Waals surface area contributed by atoms with E-state index in [0.717, 1.165) is 12.1 Å². The Kier molecular flexibility index (Phi) is 5.21. The van der Waals surface area contributed by atoms with Crippen molar-refractivity contribution in [3.63, 3.8) is 0 Å². The summed E-state index contributed by atoms with van der Waals surface area (Å²) in [7, 11) is 0. The van der Waals surface area contributed by atoms with Crippen molar-refractivity contribution in [2.45, 2.75) is 12.5 Å². The zero-order valence-corrected chi connectivity index (χ0v) is 8.87. The monoisotopic (exact) mass is 234 g/mol. The van der Waals surface area contributed by atoms with Crippen LogP contribution in [0.4, 0.5) is 0 Å². The second kappa shape index (κ2) is 5.65. The molecule has 0 saturated carbocycles. The number of hydrogen-bond acceptors (Lipinski definition) is 5. The minimum absolute atomic E-state index is 0. The number of rotatable bonds is 3. The quantitative estimate of drug-likeness (QED) is 0.525. The predicted octanol–water partition coefficient (Wildman–Crippen LogP) is 0.574. The Bertz CT molecular complexity index is 310. The Morgan fingerprint density at radius 2 is 1.60 bits per heavy atom. The number of benzene rings is 1. The van der Waals surface area contributed by atoms with E-state index in [0.29, 0.717) is 13.0 Å². The molecular weight excluding hydrogens is 220 g/mol. The fourth-order valence-corrected chi connectivity index (χ4v) is 1.31. The summed E-state index contributed by atoms with van der Waals surface area (Å²) in [6.07, 6.45) is 0.450. The van der Waals surface area contributed by atoms with Crippen LogP contribution in [-0.2, 0) is 0 Å². The third-order valence-corrected chi connectivity index (χ3v) is 1.97. The summed E-state index contributed by atoms with van der Waals surface area (Å²) in [5.74, 6) is -0.643. The largest absolute Gasteiger partial charge is 0.508 e. The van der Waals surface area contributed by atoms with E-state index in [1.54, 1.807) is 0 Å². The highest BCUT2D eigenvalue weighted by molar-refractivity contribution is 5.85. The molecule has 0 bridgehead atoms. The number of hydrogen-bond donors (Lipinski definition) is 5. The Morgan fingerprint density at radius 1 is 1.13 bits per heavy atom. The molecule has 86 valence electrons. The third kappa shape index (κ3) is 3.16. The smallest absolute Gasteiger partial charge is 0.127 e. The number of nitrogens with two attached hydrogens (primary N) is 2. The average molecular weight is 235 g/mol. The molecule has 0 aliphatic heterocycles. The van der Waals surface area contributed by atoms with Gasteiger partial charge in [0.05, 0.1) is 5.56 Å². The van der Waals surface area contributed by atoms with Gasteiger partial charge in [0.2, 0.25) is 0 Å². The molecule has 1 aromatic rings. The van der Waals surface area contributed by atoms with Crippen LogP contribution in [0.3, 0.4) is 0 Å². The lowest BCUT2D eigenvalue weighted by atomic mass is 10.0. The molecule has 1 rings (SSSR count). The van der Waals surface area contributed by atoms with Crippen molar-refractivity contribution < 1.29 is 15.3 Å². The van der Waals surface area contributed by atoms with Crippen molar-refractivity contribution >= 4 is 12.4 Å². The van der Waals surface area contributed by atoms with Crippen LogP contribution in [0.25, 0.3) is 0 Å². The molecule has 0 aromatic heterocycles. The van der Waals surface area contributed by atoms with Gasteiger partial charge in [-0.1, -0.05) is 0 Å². The van der Waals surface area contributed by atoms with Crippen LogP contribution in [0.5, 0.6) is 17.2 Å². The zero-order valence-electron chi connectivity index (χ0n) is 8.05. The zero-order chi connectivity index (χ0) is 10.7. The molecule has 0 fully saturated rings. The maximum atomic E-state index is 9.43. The van der Waals surface area contributed by atoms with Gasteiger partial charge in [0, 0.05) is 18.2 Å². The molecule has 0 spiro atoms. The Morgan fingerprint density at radius 3 is 2.00 bits per heavy atom. The van der Waals surface area contributed by atoms with Gasteiger partial charge in [-0.3, -0.25) is 0 Å². The molecule has 0 unspecified atom stereocenters. The Hall–Kier alpha value is -1.17. The van der Waals surface area contributed by atoms with Crippen LogP contribution in [0.15, 0.2) is 12.1 Å². The van der Waals surface area contributed by atoms with E-state index >= 15 is 0 Å². The van der Waals surface area contributed by atoms with Crippen molar-refractivity contribution in [2.24, 2.45) is 11.5 Å². The van der Waals surface area contributed by atoms with Gasteiger partial charge >= 0.3 is 0 Å². The molecule has 0 aliphatic rings. The van der Waals surface area contributed by atoms with Gasteiger partial charge in [0.15, 0.2) is 0 Å². The predicted molar refractivity (Wildman–Crippen MR) is 59.3 cm³/mol. The lowest BCUT2D eigenvalue weighted by molar-refractivity contribution is 0.410. The number of aromatic hydroxyl groups is 3. The SMILES string of the molecule is Cl.NCC[C@H](N)c1c(O)cc(O)cc1O. The van der Waals surface area contributed by atoms with Gasteiger partial charge in [0.1, 0.15) is 17.2 Å². The van der Waals surface area contributed by atoms with Gasteiger partial charge in [-0.25, -0.2) is 0 Å². The summed E-state index contributed by atoms with van der Waals surface area (Å²) in [6, 6.07) is 1.73. The fraction of sp³-hybridized carbons (Fsp3) is 0.333. The van der Waals surface area contributed by atoms with Gasteiger partial charge < -0.3 is 26.8 Å². The molecule has 7 N–H and O–H groups in total. The van der Waals surface area contributed by atoms with E-state index in [-0.39, 0.29) is 35.2 Å². The second-order valence-corrected chi connectivity index (χ2v) is 3.08. The van der Waals surface area contributed by atoms with Gasteiger partial charge in [0.25, 0.3) is 0 Å². The molecule has 15 heavy (non-hydrogen) atoms. The number of phenols is 3. The molecule has 0 aliphatic carbocycles. The number of halogens is 1. The maximum absolute atomic E-state index is 9.43. The Labute approximate surface area is 93.7 Å². The molecule has 5 nitrogen and oxygen atoms in total. The fourth-order valence-electron chi connectivity index (χ4n) is 1.31. The van der Waals surface area contributed by atoms with Crippen molar-refractivity contribution in [2.75, 3.05) is 6.54 Å². The normalized spacial score (nSPS) is 11.9. The standard InChI is InChI=1S/C9H14N2O3.ClH/c10-2-1-6(11)9-7(13)3-5(12)4-8(9)14;/h3-4,6,12-14H,1-2,10-11H2;1H/t6-;/m0./s1. The van der Waals surface area contributed by atoms with Gasteiger partial charge in [-0.2, -0.15) is 0 Å². The molecule has 0 radical (unpaired) electrons. The van der Waals surface area contributed by atoms with Crippen LogP contribution in [-0.4, -0.2) is 21.9 Å². The van der Waals surface area contributed by atoms with Crippen LogP contribution in [0, 0.1) is 0 Å². The minimum atomic E-state index is -0.527. The molecule has 0 saturated heterocycles. The van der Waals surface area contributed by atoms with E-state index < -0.39 is 6.04 Å². The first-order valence-electron chi connectivity index (χ1n) is 4.26. The number of phenolic OH excluding ortho intramolecular Hbond substituents is 3. The first-order chi connectivity index (χ1) is 6.56. The van der Waals surface area contributed by atoms with Crippen molar-refractivity contribution in [1.29, 1.82) is 0 Å². The summed E-state index contributed by atoms with van der Waals surface area (Å²) in [5, 5.41) is 27.9. The first kappa shape index (κ1) is 13.8. The van der Waals surface area contributed by atoms with Crippen LogP contribution >= 0.6 is 12.4 Å². The van der Waals surface area contributed by atoms with Crippen molar-refractivity contribution in [1.82, 2.24) is 0 Å². The topological polar surface area (TPSA) is 113 Å². The van der Waals surface area contributed by atoms with E-state index in [4.69, 9.17) is 16.6 Å². The van der Waals surface area contributed by atoms with Crippen LogP contribution < -0.4 is 11.5 Å². The summed E-state index contributed by atoms with van der Waals surface area (Å²) in [6.45, 7) is 0.362. The maximum Gasteiger partial charge on any atom is 0.127 e. The highest BCUT2D eigenvalue weighted by Crippen LogP contribution is 2.36. The van der Waals surface area contributed by atoms with E-state index in [1.165, 1.54) is 0 Å². The van der Waals surface area contributed by atoms with Gasteiger partial charge in [-0.05, 0) is 13.0 Å². The average Bonchev–Trinajstić information content (AvgIpc) is 2.01. The molecule has 0 heterocycles. The van der Waals surface area contributed by atoms with E-state index in [9.17, 15) is 10.2 Å². The van der Waals surface area contributed by atoms with Gasteiger partial charge in [-0.15, -0.1) is 12.4 Å². The second-order valence-electron chi connectivity index (χ2n) is 3.08. The van der Waals surface area contributed by atoms with Crippen molar-refractivity contribution in [3.8, 4) is 17.2 Å². The Balaban J connectivity index is 0.00000196. The molecular formula is C9H15ClN2O3. The van der Waals surface area contributed by atoms with E-state index in [2.05, 4.69) is 0 Å². The summed E-state index contributed by atoms with van der Waals surface area (Å²) in [5.41, 5.74) is 11.2. The molecule has 1 atom stereocenters. The van der Waals surface area contributed by atoms with Crippen LogP contribution in [0.1, 0.15) is 18.0 Å². The summed E-state index contributed by atoms with van der Waals surface area (Å²) < 4.78 is 0. The highest BCUT2D eigenvalue weighted by atomic mass is 35.5.